The van der Waals surface area contributed by atoms with Gasteiger partial charge in [0.05, 0.1) is 5.39 Å². The summed E-state index contributed by atoms with van der Waals surface area (Å²) < 4.78 is 31.2. The third-order valence-electron chi connectivity index (χ3n) is 8.32. The molecular weight excluding hydrogens is 578 g/mol. The molecule has 2 unspecified atom stereocenters. The number of aryl methyl sites for hydroxylation is 1. The normalized spacial score (nSPS) is 13.4. The molecular formula is C34H41N3O6S. The van der Waals surface area contributed by atoms with Gasteiger partial charge in [0.1, 0.15) is 29.5 Å². The van der Waals surface area contributed by atoms with Gasteiger partial charge in [-0.05, 0) is 78.1 Å². The minimum atomic E-state index is -2.40. The van der Waals surface area contributed by atoms with Crippen LogP contribution < -0.4 is 14.5 Å². The molecule has 44 heavy (non-hydrogen) atoms. The van der Waals surface area contributed by atoms with Crippen molar-refractivity contribution in [2.45, 2.75) is 85.2 Å². The second kappa shape index (κ2) is 13.3. The maximum absolute atomic E-state index is 13.2. The monoisotopic (exact) mass is 619 g/mol. The van der Waals surface area contributed by atoms with E-state index in [-0.39, 0.29) is 34.1 Å². The summed E-state index contributed by atoms with van der Waals surface area (Å²) >= 11 is -2.40. The molecule has 0 amide bonds. The summed E-state index contributed by atoms with van der Waals surface area (Å²) in [5.41, 5.74) is 2.77. The Balaban J connectivity index is 1.49. The molecule has 0 bridgehead atoms. The van der Waals surface area contributed by atoms with Crippen molar-refractivity contribution in [3.63, 3.8) is 0 Å². The van der Waals surface area contributed by atoms with Crippen molar-refractivity contribution >= 4 is 28.1 Å². The summed E-state index contributed by atoms with van der Waals surface area (Å²) in [6.45, 7) is 16.8. The number of ether oxygens (including phenoxy) is 2. The lowest BCUT2D eigenvalue weighted by Gasteiger charge is -2.30. The van der Waals surface area contributed by atoms with E-state index in [1.54, 1.807) is 44.2 Å². The summed E-state index contributed by atoms with van der Waals surface area (Å²) in [5, 5.41) is 8.05. The summed E-state index contributed by atoms with van der Waals surface area (Å²) in [6, 6.07) is 17.7. The van der Waals surface area contributed by atoms with Gasteiger partial charge in [0.2, 0.25) is 0 Å². The van der Waals surface area contributed by atoms with E-state index in [1.165, 1.54) is 17.7 Å². The average molecular weight is 620 g/mol. The second-order valence-electron chi connectivity index (χ2n) is 12.2. The molecule has 2 atom stereocenters. The number of fused-ring (bicyclic) bond motifs is 1. The van der Waals surface area contributed by atoms with Crippen LogP contribution in [0.15, 0.2) is 65.5 Å². The van der Waals surface area contributed by atoms with E-state index in [0.717, 1.165) is 24.2 Å². The zero-order chi connectivity index (χ0) is 32.2. The molecule has 1 heterocycles. The third kappa shape index (κ3) is 7.01. The molecule has 0 radical (unpaired) electrons. The number of hydrogen-bond donors (Lipinski definition) is 0. The fourth-order valence-corrected chi connectivity index (χ4v) is 5.34. The number of benzene rings is 3. The molecule has 1 aromatic heterocycles. The first-order chi connectivity index (χ1) is 20.8. The quantitative estimate of drug-likeness (QED) is 0.163. The van der Waals surface area contributed by atoms with Crippen LogP contribution in [-0.4, -0.2) is 37.3 Å². The van der Waals surface area contributed by atoms with Crippen molar-refractivity contribution in [2.24, 2.45) is 0 Å². The van der Waals surface area contributed by atoms with Crippen LogP contribution in [0.4, 0.5) is 0 Å². The van der Waals surface area contributed by atoms with Gasteiger partial charge in [-0.1, -0.05) is 82.0 Å². The highest BCUT2D eigenvalue weighted by atomic mass is 32.2. The Labute approximate surface area is 261 Å². The maximum atomic E-state index is 13.2. The number of nitrogens with zero attached hydrogens (tertiary/aromatic N) is 3. The lowest BCUT2D eigenvalue weighted by molar-refractivity contribution is 0.0225. The number of aromatic nitrogens is 3. The fourth-order valence-electron chi connectivity index (χ4n) is 4.64. The van der Waals surface area contributed by atoms with E-state index in [1.807, 2.05) is 6.07 Å². The van der Waals surface area contributed by atoms with Gasteiger partial charge in [-0.25, -0.2) is 4.79 Å². The SMILES string of the molecule is CCC(C)(C)c1ccc(OCC(C)OC(=O)c2ccccc2OS(=O)n2nnc3cccc(C)c3c2=O)c(C(C)(C)CC)c1. The van der Waals surface area contributed by atoms with Gasteiger partial charge >= 0.3 is 17.2 Å². The second-order valence-corrected chi connectivity index (χ2v) is 13.2. The van der Waals surface area contributed by atoms with Crippen molar-refractivity contribution in [3.05, 3.63) is 93.3 Å². The molecule has 0 aliphatic carbocycles. The molecule has 0 spiro atoms. The van der Waals surface area contributed by atoms with Crippen molar-refractivity contribution < 1.29 is 22.7 Å². The minimum Gasteiger partial charge on any atom is -0.489 e. The summed E-state index contributed by atoms with van der Waals surface area (Å²) in [7, 11) is 0. The zero-order valence-electron chi connectivity index (χ0n) is 26.7. The molecule has 4 rings (SSSR count). The molecule has 3 aromatic carbocycles. The van der Waals surface area contributed by atoms with Gasteiger partial charge in [0.15, 0.2) is 5.75 Å². The highest BCUT2D eigenvalue weighted by molar-refractivity contribution is 7.78. The van der Waals surface area contributed by atoms with Crippen LogP contribution in [0.25, 0.3) is 10.9 Å². The topological polar surface area (TPSA) is 110 Å². The van der Waals surface area contributed by atoms with E-state index >= 15 is 0 Å². The maximum Gasteiger partial charge on any atom is 0.344 e. The minimum absolute atomic E-state index is 0.0244. The molecule has 0 N–H and O–H groups in total. The van der Waals surface area contributed by atoms with Gasteiger partial charge in [0, 0.05) is 5.56 Å². The molecule has 0 aliphatic rings. The first-order valence-corrected chi connectivity index (χ1v) is 15.9. The largest absolute Gasteiger partial charge is 0.489 e. The molecule has 0 saturated heterocycles. The van der Waals surface area contributed by atoms with Crippen LogP contribution >= 0.6 is 0 Å². The Morgan fingerprint density at radius 3 is 2.36 bits per heavy atom. The summed E-state index contributed by atoms with van der Waals surface area (Å²) in [4.78, 5) is 26.2. The van der Waals surface area contributed by atoms with Crippen molar-refractivity contribution in [3.8, 4) is 11.5 Å². The molecule has 4 aromatic rings. The van der Waals surface area contributed by atoms with Crippen LogP contribution in [0.1, 0.15) is 88.4 Å². The van der Waals surface area contributed by atoms with Gasteiger partial charge in [0.25, 0.3) is 5.56 Å². The van der Waals surface area contributed by atoms with Crippen molar-refractivity contribution in [2.75, 3.05) is 6.61 Å². The van der Waals surface area contributed by atoms with E-state index in [0.29, 0.717) is 15.2 Å². The Bertz CT molecular complexity index is 1750. The van der Waals surface area contributed by atoms with Crippen LogP contribution in [0.3, 0.4) is 0 Å². The molecule has 0 fully saturated rings. The van der Waals surface area contributed by atoms with Crippen LogP contribution in [0, 0.1) is 6.92 Å². The van der Waals surface area contributed by atoms with Gasteiger partial charge < -0.3 is 13.7 Å². The number of hydrogen-bond acceptors (Lipinski definition) is 8. The van der Waals surface area contributed by atoms with Crippen molar-refractivity contribution in [1.29, 1.82) is 0 Å². The Morgan fingerprint density at radius 1 is 0.955 bits per heavy atom. The van der Waals surface area contributed by atoms with E-state index < -0.39 is 28.9 Å². The van der Waals surface area contributed by atoms with Gasteiger partial charge in [-0.3, -0.25) is 4.79 Å². The molecule has 10 heteroatoms. The zero-order valence-corrected chi connectivity index (χ0v) is 27.5. The molecule has 234 valence electrons. The number of para-hydroxylation sites is 1. The van der Waals surface area contributed by atoms with Crippen LogP contribution in [0.5, 0.6) is 11.5 Å². The first kappa shape index (κ1) is 32.9. The number of rotatable bonds is 12. The Morgan fingerprint density at radius 2 is 1.66 bits per heavy atom. The number of carbonyl (C=O) groups is 1. The first-order valence-electron chi connectivity index (χ1n) is 14.8. The predicted octanol–water partition coefficient (Wildman–Crippen LogP) is 6.61. The van der Waals surface area contributed by atoms with E-state index in [2.05, 4.69) is 64.0 Å². The molecule has 0 saturated carbocycles. The highest BCUT2D eigenvalue weighted by Gasteiger charge is 2.27. The smallest absolute Gasteiger partial charge is 0.344 e. The number of carbonyl (C=O) groups excluding carboxylic acids is 1. The average Bonchev–Trinajstić information content (AvgIpc) is 3.00. The van der Waals surface area contributed by atoms with Gasteiger partial charge in [-0.2, -0.15) is 4.21 Å². The Hall–Kier alpha value is -4.05. The summed E-state index contributed by atoms with van der Waals surface area (Å²) in [5.74, 6) is 0.0472. The van der Waals surface area contributed by atoms with Crippen LogP contribution in [-0.2, 0) is 26.8 Å². The van der Waals surface area contributed by atoms with Gasteiger partial charge in [-0.15, -0.1) is 5.10 Å². The lowest BCUT2D eigenvalue weighted by atomic mass is 9.76. The van der Waals surface area contributed by atoms with Crippen molar-refractivity contribution in [1.82, 2.24) is 14.4 Å². The fraction of sp³-hybridized carbons (Fsp3) is 0.412. The van der Waals surface area contributed by atoms with E-state index in [9.17, 15) is 13.8 Å². The highest BCUT2D eigenvalue weighted by Crippen LogP contribution is 2.38. The number of esters is 1. The van der Waals surface area contributed by atoms with Crippen LogP contribution in [0.2, 0.25) is 0 Å². The molecule has 9 nitrogen and oxygen atoms in total. The third-order valence-corrected chi connectivity index (χ3v) is 9.16. The van der Waals surface area contributed by atoms with E-state index in [4.69, 9.17) is 13.7 Å². The Kier molecular flexibility index (Phi) is 9.93. The molecule has 0 aliphatic heterocycles. The standard InChI is InChI=1S/C34H41N3O6S/c1-9-33(5,6)24-18-19-29(26(20-24)34(7,8)10-2)41-21-23(4)42-32(39)25-15-11-12-17-28(25)43-44(40)37-31(38)30-22(3)14-13-16-27(30)35-36-37/h11-20,23H,9-10,21H2,1-8H3. The summed E-state index contributed by atoms with van der Waals surface area (Å²) in [6.07, 6.45) is 1.33. The predicted molar refractivity (Wildman–Crippen MR) is 173 cm³/mol. The lowest BCUT2D eigenvalue weighted by Crippen LogP contribution is -2.30.